The van der Waals surface area contributed by atoms with E-state index in [1.807, 2.05) is 6.07 Å². The summed E-state index contributed by atoms with van der Waals surface area (Å²) < 4.78 is 11.6. The standard InChI is InChI=1S/C23H21BrN4O5/c1-12-19-17(25-26-22(30)15-6-3-4-7-16(15)24)8-5-9-18(19)33-20(12)23(31)28-27-21(29)14-10-11-32-13(14)2/h3-4,6-7,10-11H,5,8-9H2,1-2H3,(H,26,30)(H,27,29)(H,28,31)/b25-17+. The topological polar surface area (TPSA) is 126 Å². The van der Waals surface area contributed by atoms with E-state index < -0.39 is 11.8 Å². The van der Waals surface area contributed by atoms with Gasteiger partial charge in [-0.15, -0.1) is 0 Å². The predicted octanol–water partition coefficient (Wildman–Crippen LogP) is 3.80. The molecule has 3 N–H and O–H groups in total. The van der Waals surface area contributed by atoms with E-state index in [1.165, 1.54) is 12.3 Å². The first kappa shape index (κ1) is 22.5. The molecule has 1 aliphatic rings. The quantitative estimate of drug-likeness (QED) is 0.458. The Bertz CT molecular complexity index is 1270. The Morgan fingerprint density at radius 3 is 2.45 bits per heavy atom. The Labute approximate surface area is 197 Å². The van der Waals surface area contributed by atoms with Crippen LogP contribution < -0.4 is 16.3 Å². The van der Waals surface area contributed by atoms with Gasteiger partial charge in [0.1, 0.15) is 11.5 Å². The molecule has 3 aromatic rings. The van der Waals surface area contributed by atoms with E-state index in [-0.39, 0.29) is 11.7 Å². The number of nitrogens with zero attached hydrogens (tertiary/aromatic N) is 1. The van der Waals surface area contributed by atoms with E-state index >= 15 is 0 Å². The highest BCUT2D eigenvalue weighted by Crippen LogP contribution is 2.30. The van der Waals surface area contributed by atoms with Crippen molar-refractivity contribution in [2.75, 3.05) is 0 Å². The van der Waals surface area contributed by atoms with Gasteiger partial charge in [-0.3, -0.25) is 25.2 Å². The van der Waals surface area contributed by atoms with Crippen molar-refractivity contribution in [3.05, 3.63) is 80.6 Å². The molecule has 0 saturated heterocycles. The van der Waals surface area contributed by atoms with Crippen LogP contribution in [0.15, 0.2) is 55.0 Å². The third kappa shape index (κ3) is 4.61. The second-order valence-electron chi connectivity index (χ2n) is 7.49. The second-order valence-corrected chi connectivity index (χ2v) is 8.34. The number of carbonyl (C=O) groups is 3. The van der Waals surface area contributed by atoms with Gasteiger partial charge in [0.25, 0.3) is 11.8 Å². The molecule has 1 aliphatic carbocycles. The summed E-state index contributed by atoms with van der Waals surface area (Å²) in [6.07, 6.45) is 3.43. The number of rotatable bonds is 4. The SMILES string of the molecule is Cc1occc1C(=O)NNC(=O)c1oc2c(c1C)/C(=N/NC(=O)c1ccccc1Br)CCC2. The number of halogens is 1. The average molecular weight is 513 g/mol. The van der Waals surface area contributed by atoms with Crippen LogP contribution in [0.1, 0.15) is 66.8 Å². The fraction of sp³-hybridized carbons (Fsp3) is 0.217. The van der Waals surface area contributed by atoms with E-state index in [0.717, 1.165) is 6.42 Å². The highest BCUT2D eigenvalue weighted by atomic mass is 79.9. The van der Waals surface area contributed by atoms with Gasteiger partial charge in [0.2, 0.25) is 0 Å². The number of hydrazone groups is 1. The highest BCUT2D eigenvalue weighted by Gasteiger charge is 2.28. The van der Waals surface area contributed by atoms with E-state index in [2.05, 4.69) is 37.3 Å². The minimum atomic E-state index is -0.590. The Hall–Kier alpha value is -3.66. The molecule has 10 heteroatoms. The zero-order chi connectivity index (χ0) is 23.5. The summed E-state index contributed by atoms with van der Waals surface area (Å²) in [4.78, 5) is 37.4. The van der Waals surface area contributed by atoms with Gasteiger partial charge in [-0.25, -0.2) is 5.43 Å². The van der Waals surface area contributed by atoms with Crippen LogP contribution in [-0.2, 0) is 6.42 Å². The fourth-order valence-electron chi connectivity index (χ4n) is 3.68. The monoisotopic (exact) mass is 512 g/mol. The van der Waals surface area contributed by atoms with Gasteiger partial charge in [-0.2, -0.15) is 5.10 Å². The maximum Gasteiger partial charge on any atom is 0.305 e. The molecule has 0 bridgehead atoms. The van der Waals surface area contributed by atoms with Crippen molar-refractivity contribution in [3.63, 3.8) is 0 Å². The number of hydrogen-bond acceptors (Lipinski definition) is 6. The lowest BCUT2D eigenvalue weighted by atomic mass is 9.93. The van der Waals surface area contributed by atoms with Gasteiger partial charge in [0.05, 0.1) is 23.1 Å². The lowest BCUT2D eigenvalue weighted by Gasteiger charge is -2.13. The van der Waals surface area contributed by atoms with E-state index in [0.29, 0.717) is 56.8 Å². The van der Waals surface area contributed by atoms with Crippen LogP contribution in [0.2, 0.25) is 0 Å². The first-order valence-electron chi connectivity index (χ1n) is 10.3. The Balaban J connectivity index is 1.50. The van der Waals surface area contributed by atoms with Crippen LogP contribution in [-0.4, -0.2) is 23.4 Å². The molecule has 0 spiro atoms. The van der Waals surface area contributed by atoms with E-state index in [1.54, 1.807) is 32.0 Å². The largest absolute Gasteiger partial charge is 0.469 e. The first-order chi connectivity index (χ1) is 15.9. The molecule has 0 unspecified atom stereocenters. The lowest BCUT2D eigenvalue weighted by molar-refractivity contribution is 0.0828. The summed E-state index contributed by atoms with van der Waals surface area (Å²) in [5, 5.41) is 4.32. The summed E-state index contributed by atoms with van der Waals surface area (Å²) in [5.41, 5.74) is 10.0. The number of carbonyl (C=O) groups excluding carboxylic acids is 3. The second kappa shape index (κ2) is 9.45. The van der Waals surface area contributed by atoms with Crippen molar-refractivity contribution in [3.8, 4) is 0 Å². The van der Waals surface area contributed by atoms with Crippen LogP contribution in [0.3, 0.4) is 0 Å². The van der Waals surface area contributed by atoms with Crippen LogP contribution >= 0.6 is 15.9 Å². The van der Waals surface area contributed by atoms with Crippen molar-refractivity contribution in [1.29, 1.82) is 0 Å². The van der Waals surface area contributed by atoms with Crippen LogP contribution in [0, 0.1) is 13.8 Å². The molecule has 0 radical (unpaired) electrons. The number of furan rings is 2. The minimum Gasteiger partial charge on any atom is -0.469 e. The summed E-state index contributed by atoms with van der Waals surface area (Å²) >= 11 is 3.36. The molecule has 3 amide bonds. The van der Waals surface area contributed by atoms with Crippen molar-refractivity contribution in [1.82, 2.24) is 16.3 Å². The molecular formula is C23H21BrN4O5. The molecule has 170 valence electrons. The first-order valence-corrected chi connectivity index (χ1v) is 11.0. The smallest absolute Gasteiger partial charge is 0.305 e. The van der Waals surface area contributed by atoms with Crippen LogP contribution in [0.25, 0.3) is 0 Å². The van der Waals surface area contributed by atoms with Crippen molar-refractivity contribution in [2.45, 2.75) is 33.1 Å². The van der Waals surface area contributed by atoms with Crippen molar-refractivity contribution in [2.24, 2.45) is 5.10 Å². The minimum absolute atomic E-state index is 0.0796. The maximum absolute atomic E-state index is 12.7. The summed E-state index contributed by atoms with van der Waals surface area (Å²) in [7, 11) is 0. The molecular weight excluding hydrogens is 492 g/mol. The molecule has 0 atom stereocenters. The van der Waals surface area contributed by atoms with Crippen molar-refractivity contribution < 1.29 is 23.2 Å². The average Bonchev–Trinajstić information content (AvgIpc) is 3.39. The van der Waals surface area contributed by atoms with Gasteiger partial charge >= 0.3 is 5.91 Å². The van der Waals surface area contributed by atoms with Crippen molar-refractivity contribution >= 4 is 39.4 Å². The van der Waals surface area contributed by atoms with E-state index in [4.69, 9.17) is 8.83 Å². The normalized spacial score (nSPS) is 14.0. The molecule has 9 nitrogen and oxygen atoms in total. The molecule has 0 saturated carbocycles. The lowest BCUT2D eigenvalue weighted by Crippen LogP contribution is -2.41. The summed E-state index contributed by atoms with van der Waals surface area (Å²) in [6.45, 7) is 3.40. The number of hydrogen-bond donors (Lipinski definition) is 3. The zero-order valence-corrected chi connectivity index (χ0v) is 19.5. The van der Waals surface area contributed by atoms with Crippen LogP contribution in [0.4, 0.5) is 0 Å². The predicted molar refractivity (Wildman–Crippen MR) is 123 cm³/mol. The van der Waals surface area contributed by atoms with Gasteiger partial charge in [0, 0.05) is 22.0 Å². The number of amides is 3. The number of fused-ring (bicyclic) bond motifs is 1. The summed E-state index contributed by atoms with van der Waals surface area (Å²) in [6, 6.07) is 8.57. The van der Waals surface area contributed by atoms with Crippen LogP contribution in [0.5, 0.6) is 0 Å². The summed E-state index contributed by atoms with van der Waals surface area (Å²) in [5.74, 6) is -0.297. The fourth-order valence-corrected chi connectivity index (χ4v) is 4.14. The molecule has 0 aliphatic heterocycles. The molecule has 4 rings (SSSR count). The Morgan fingerprint density at radius 2 is 1.73 bits per heavy atom. The van der Waals surface area contributed by atoms with Gasteiger partial charge in [-0.1, -0.05) is 12.1 Å². The Kier molecular flexibility index (Phi) is 6.45. The van der Waals surface area contributed by atoms with E-state index in [9.17, 15) is 14.4 Å². The molecule has 33 heavy (non-hydrogen) atoms. The van der Waals surface area contributed by atoms with Gasteiger partial charge in [0.15, 0.2) is 5.76 Å². The zero-order valence-electron chi connectivity index (χ0n) is 18.0. The van der Waals surface area contributed by atoms with Gasteiger partial charge < -0.3 is 8.83 Å². The highest BCUT2D eigenvalue weighted by molar-refractivity contribution is 9.10. The molecule has 2 aromatic heterocycles. The Morgan fingerprint density at radius 1 is 0.970 bits per heavy atom. The number of aryl methyl sites for hydroxylation is 2. The number of hydrazine groups is 1. The third-order valence-electron chi connectivity index (χ3n) is 5.34. The molecule has 1 aromatic carbocycles. The number of benzene rings is 1. The number of nitrogens with one attached hydrogen (secondary N) is 3. The molecule has 2 heterocycles. The maximum atomic E-state index is 12.7. The third-order valence-corrected chi connectivity index (χ3v) is 6.03. The molecule has 0 fully saturated rings. The van der Waals surface area contributed by atoms with Gasteiger partial charge in [-0.05, 0) is 60.8 Å².